The highest BCUT2D eigenvalue weighted by Crippen LogP contribution is 2.44. The zero-order chi connectivity index (χ0) is 15.7. The minimum absolute atomic E-state index is 0.127. The Hall–Kier alpha value is -1.86. The van der Waals surface area contributed by atoms with Gasteiger partial charge in [-0.1, -0.05) is 18.2 Å². The van der Waals surface area contributed by atoms with Crippen LogP contribution in [-0.4, -0.2) is 18.6 Å². The lowest BCUT2D eigenvalue weighted by molar-refractivity contribution is -0.145. The first-order chi connectivity index (χ1) is 10.6. The van der Waals surface area contributed by atoms with Gasteiger partial charge in [0.05, 0.1) is 24.1 Å². The molecule has 0 aromatic heterocycles. The van der Waals surface area contributed by atoms with Crippen molar-refractivity contribution in [2.75, 3.05) is 6.61 Å². The highest BCUT2D eigenvalue weighted by atomic mass is 16.5. The third-order valence-corrected chi connectivity index (χ3v) is 4.92. The summed E-state index contributed by atoms with van der Waals surface area (Å²) in [6.45, 7) is 4.09. The number of hydrogen-bond donors (Lipinski definition) is 1. The van der Waals surface area contributed by atoms with Crippen molar-refractivity contribution in [2.45, 2.75) is 51.6 Å². The van der Waals surface area contributed by atoms with Crippen LogP contribution in [0.1, 0.15) is 49.4 Å². The first-order valence-corrected chi connectivity index (χ1v) is 8.03. The summed E-state index contributed by atoms with van der Waals surface area (Å²) in [5.41, 5.74) is 3.32. The van der Waals surface area contributed by atoms with Crippen molar-refractivity contribution >= 4 is 5.97 Å². The minimum Gasteiger partial charge on any atom is -0.465 e. The first-order valence-electron chi connectivity index (χ1n) is 8.03. The molecule has 0 radical (unpaired) electrons. The molecule has 1 aliphatic carbocycles. The lowest BCUT2D eigenvalue weighted by atomic mass is 9.79. The van der Waals surface area contributed by atoms with Gasteiger partial charge in [0.2, 0.25) is 0 Å². The molecule has 4 nitrogen and oxygen atoms in total. The number of hydrogen-bond acceptors (Lipinski definition) is 4. The maximum absolute atomic E-state index is 12.0. The summed E-state index contributed by atoms with van der Waals surface area (Å²) in [4.78, 5) is 12.0. The number of nitriles is 1. The molecule has 1 aliphatic heterocycles. The smallest absolute Gasteiger partial charge is 0.323 e. The molecule has 0 amide bonds. The first kappa shape index (κ1) is 15.1. The Morgan fingerprint density at radius 3 is 2.95 bits per heavy atom. The van der Waals surface area contributed by atoms with E-state index in [0.717, 1.165) is 18.4 Å². The zero-order valence-corrected chi connectivity index (χ0v) is 13.2. The van der Waals surface area contributed by atoms with E-state index >= 15 is 0 Å². The van der Waals surface area contributed by atoms with Gasteiger partial charge in [-0.15, -0.1) is 0 Å². The van der Waals surface area contributed by atoms with Gasteiger partial charge in [-0.3, -0.25) is 10.1 Å². The topological polar surface area (TPSA) is 62.1 Å². The van der Waals surface area contributed by atoms with E-state index in [2.05, 4.69) is 29.6 Å². The molecule has 1 heterocycles. The summed E-state index contributed by atoms with van der Waals surface area (Å²) in [6, 6.07) is 8.38. The molecule has 116 valence electrons. The Morgan fingerprint density at radius 2 is 2.23 bits per heavy atom. The van der Waals surface area contributed by atoms with Gasteiger partial charge in [-0.05, 0) is 56.2 Å². The number of ether oxygens (including phenoxy) is 1. The SMILES string of the molecule is CCOC(=O)[C@@H]1C[C@](C)(C#N)[C@H](c2ccc3c(c2)CCC3)N1. The van der Waals surface area contributed by atoms with Gasteiger partial charge in [-0.2, -0.15) is 5.26 Å². The van der Waals surface area contributed by atoms with Crippen molar-refractivity contribution in [1.29, 1.82) is 5.26 Å². The molecule has 1 fully saturated rings. The summed E-state index contributed by atoms with van der Waals surface area (Å²) < 4.78 is 5.11. The van der Waals surface area contributed by atoms with E-state index in [-0.39, 0.29) is 12.0 Å². The minimum atomic E-state index is -0.593. The van der Waals surface area contributed by atoms with Gasteiger partial charge in [0.1, 0.15) is 6.04 Å². The number of fused-ring (bicyclic) bond motifs is 1. The molecule has 22 heavy (non-hydrogen) atoms. The van der Waals surface area contributed by atoms with Crippen molar-refractivity contribution < 1.29 is 9.53 Å². The van der Waals surface area contributed by atoms with E-state index in [1.165, 1.54) is 17.5 Å². The summed E-state index contributed by atoms with van der Waals surface area (Å²) in [5.74, 6) is -0.257. The van der Waals surface area contributed by atoms with E-state index in [0.29, 0.717) is 13.0 Å². The second-order valence-electron chi connectivity index (χ2n) is 6.52. The van der Waals surface area contributed by atoms with Gasteiger partial charge in [0.25, 0.3) is 0 Å². The van der Waals surface area contributed by atoms with E-state index in [4.69, 9.17) is 4.74 Å². The summed E-state index contributed by atoms with van der Waals surface area (Å²) in [6.07, 6.45) is 3.96. The summed E-state index contributed by atoms with van der Waals surface area (Å²) in [7, 11) is 0. The van der Waals surface area contributed by atoms with Crippen LogP contribution >= 0.6 is 0 Å². The average molecular weight is 298 g/mol. The maximum atomic E-state index is 12.0. The number of esters is 1. The Morgan fingerprint density at radius 1 is 1.45 bits per heavy atom. The molecular weight excluding hydrogens is 276 g/mol. The largest absolute Gasteiger partial charge is 0.465 e. The van der Waals surface area contributed by atoms with Crippen LogP contribution in [-0.2, 0) is 22.4 Å². The molecule has 1 aromatic carbocycles. The number of carbonyl (C=O) groups excluding carboxylic acids is 1. The number of rotatable bonds is 3. The lowest BCUT2D eigenvalue weighted by Crippen LogP contribution is -2.34. The van der Waals surface area contributed by atoms with Crippen molar-refractivity contribution in [2.24, 2.45) is 5.41 Å². The molecule has 0 spiro atoms. The molecule has 3 atom stereocenters. The lowest BCUT2D eigenvalue weighted by Gasteiger charge is -2.24. The van der Waals surface area contributed by atoms with Crippen LogP contribution in [0.25, 0.3) is 0 Å². The van der Waals surface area contributed by atoms with Crippen LogP contribution in [0.4, 0.5) is 0 Å². The van der Waals surface area contributed by atoms with Crippen LogP contribution in [0.15, 0.2) is 18.2 Å². The van der Waals surface area contributed by atoms with Crippen LogP contribution in [0.2, 0.25) is 0 Å². The predicted octanol–water partition coefficient (Wildman–Crippen LogP) is 2.67. The molecule has 1 saturated heterocycles. The Labute approximate surface area is 131 Å². The van der Waals surface area contributed by atoms with E-state index in [1.807, 2.05) is 6.92 Å². The predicted molar refractivity (Wildman–Crippen MR) is 83.1 cm³/mol. The van der Waals surface area contributed by atoms with Crippen molar-refractivity contribution in [3.63, 3.8) is 0 Å². The number of benzene rings is 1. The Kier molecular flexibility index (Phi) is 3.92. The van der Waals surface area contributed by atoms with Gasteiger partial charge in [-0.25, -0.2) is 0 Å². The molecule has 1 N–H and O–H groups in total. The fourth-order valence-corrected chi connectivity index (χ4v) is 3.73. The monoisotopic (exact) mass is 298 g/mol. The zero-order valence-electron chi connectivity index (χ0n) is 13.2. The highest BCUT2D eigenvalue weighted by molar-refractivity contribution is 5.76. The third-order valence-electron chi connectivity index (χ3n) is 4.92. The molecule has 0 saturated carbocycles. The van der Waals surface area contributed by atoms with E-state index in [1.54, 1.807) is 6.92 Å². The quantitative estimate of drug-likeness (QED) is 0.872. The molecule has 1 aromatic rings. The molecular formula is C18H22N2O2. The Bertz CT molecular complexity index is 634. The van der Waals surface area contributed by atoms with E-state index in [9.17, 15) is 10.1 Å². The van der Waals surface area contributed by atoms with Crippen molar-refractivity contribution in [1.82, 2.24) is 5.32 Å². The number of carbonyl (C=O) groups is 1. The van der Waals surface area contributed by atoms with Gasteiger partial charge >= 0.3 is 5.97 Å². The van der Waals surface area contributed by atoms with Crippen LogP contribution in [0.5, 0.6) is 0 Å². The van der Waals surface area contributed by atoms with Crippen LogP contribution in [0, 0.1) is 16.7 Å². The van der Waals surface area contributed by atoms with E-state index < -0.39 is 11.5 Å². The van der Waals surface area contributed by atoms with Crippen LogP contribution in [0.3, 0.4) is 0 Å². The third kappa shape index (κ3) is 2.50. The van der Waals surface area contributed by atoms with Crippen molar-refractivity contribution in [3.05, 3.63) is 34.9 Å². The normalized spacial score (nSPS) is 29.9. The van der Waals surface area contributed by atoms with Gasteiger partial charge < -0.3 is 4.74 Å². The Balaban J connectivity index is 1.88. The average Bonchev–Trinajstić information content (AvgIpc) is 3.11. The van der Waals surface area contributed by atoms with Gasteiger partial charge in [0.15, 0.2) is 0 Å². The number of nitrogens with zero attached hydrogens (tertiary/aromatic N) is 1. The van der Waals surface area contributed by atoms with Crippen LogP contribution < -0.4 is 5.32 Å². The second-order valence-corrected chi connectivity index (χ2v) is 6.52. The fourth-order valence-electron chi connectivity index (χ4n) is 3.73. The number of aryl methyl sites for hydroxylation is 2. The van der Waals surface area contributed by atoms with Gasteiger partial charge in [0, 0.05) is 0 Å². The second kappa shape index (κ2) is 5.73. The molecule has 2 aliphatic rings. The maximum Gasteiger partial charge on any atom is 0.323 e. The molecule has 4 heteroatoms. The molecule has 0 unspecified atom stereocenters. The summed E-state index contributed by atoms with van der Waals surface area (Å²) >= 11 is 0. The fraction of sp³-hybridized carbons (Fsp3) is 0.556. The standard InChI is InChI=1S/C18H22N2O2/c1-3-22-17(21)15-10-18(2,11-19)16(20-15)14-8-7-12-5-4-6-13(12)9-14/h7-9,15-16,20H,3-6,10H2,1-2H3/t15-,16-,18+/m0/s1. The van der Waals surface area contributed by atoms with Crippen molar-refractivity contribution in [3.8, 4) is 6.07 Å². The number of nitrogens with one attached hydrogen (secondary N) is 1. The molecule has 3 rings (SSSR count). The molecule has 0 bridgehead atoms. The summed E-state index contributed by atoms with van der Waals surface area (Å²) in [5, 5.41) is 13.0. The highest BCUT2D eigenvalue weighted by Gasteiger charge is 2.47.